The Morgan fingerprint density at radius 1 is 1.10 bits per heavy atom. The highest BCUT2D eigenvalue weighted by molar-refractivity contribution is 5.75. The van der Waals surface area contributed by atoms with Crippen LogP contribution in [0.1, 0.15) is 45.2 Å². The van der Waals surface area contributed by atoms with E-state index in [-0.39, 0.29) is 29.7 Å². The molecule has 0 N–H and O–H groups in total. The molecule has 3 aliphatic rings. The summed E-state index contributed by atoms with van der Waals surface area (Å²) in [7, 11) is 0. The Kier molecular flexibility index (Phi) is 5.41. The summed E-state index contributed by atoms with van der Waals surface area (Å²) < 4.78 is 19.2. The minimum absolute atomic E-state index is 0.00477. The van der Waals surface area contributed by atoms with Crippen molar-refractivity contribution in [3.8, 4) is 11.1 Å². The van der Waals surface area contributed by atoms with Gasteiger partial charge in [-0.15, -0.1) is 0 Å². The van der Waals surface area contributed by atoms with Crippen LogP contribution in [0.15, 0.2) is 48.7 Å². The van der Waals surface area contributed by atoms with E-state index in [1.54, 1.807) is 12.3 Å². The van der Waals surface area contributed by atoms with E-state index in [1.165, 1.54) is 31.4 Å². The van der Waals surface area contributed by atoms with Crippen molar-refractivity contribution in [3.63, 3.8) is 0 Å². The Balaban J connectivity index is 1.39. The molecule has 7 atom stereocenters. The first-order valence-electron chi connectivity index (χ1n) is 11.6. The summed E-state index contributed by atoms with van der Waals surface area (Å²) >= 11 is 0. The molecular formula is C27H30FNO2. The Hall–Kier alpha value is -2.49. The molecule has 1 aliphatic heterocycles. The Morgan fingerprint density at radius 2 is 1.97 bits per heavy atom. The number of hydrogen-bond acceptors (Lipinski definition) is 3. The van der Waals surface area contributed by atoms with Gasteiger partial charge < -0.3 is 4.74 Å². The second-order valence-electron chi connectivity index (χ2n) is 9.82. The van der Waals surface area contributed by atoms with Crippen molar-refractivity contribution in [1.82, 2.24) is 4.98 Å². The number of carbonyl (C=O) groups excluding carboxylic acids is 1. The molecule has 1 aromatic carbocycles. The fourth-order valence-corrected chi connectivity index (χ4v) is 6.40. The fraction of sp³-hybridized carbons (Fsp3) is 0.481. The minimum Gasteiger partial charge on any atom is -0.462 e. The Labute approximate surface area is 183 Å². The van der Waals surface area contributed by atoms with Crippen molar-refractivity contribution >= 4 is 12.0 Å². The van der Waals surface area contributed by atoms with Gasteiger partial charge in [0.2, 0.25) is 0 Å². The number of benzene rings is 1. The SMILES string of the molecule is C[C@H]1CC[C@@H]2[C@@H](C1)C[C@H]1C(=O)O[C@H](C)[C@H]1[C@H]2/C=C/c1ccc(-c2cccc(F)c2)cn1. The monoisotopic (exact) mass is 419 g/mol. The summed E-state index contributed by atoms with van der Waals surface area (Å²) in [5, 5.41) is 0. The molecule has 1 saturated heterocycles. The lowest BCUT2D eigenvalue weighted by Gasteiger charge is -2.47. The molecule has 3 nitrogen and oxygen atoms in total. The number of aromatic nitrogens is 1. The molecule has 5 rings (SSSR count). The van der Waals surface area contributed by atoms with E-state index in [1.807, 2.05) is 18.2 Å². The molecule has 0 bridgehead atoms. The molecule has 2 aliphatic carbocycles. The van der Waals surface area contributed by atoms with Crippen LogP contribution in [-0.2, 0) is 9.53 Å². The van der Waals surface area contributed by atoms with Crippen molar-refractivity contribution in [2.24, 2.45) is 35.5 Å². The number of allylic oxidation sites excluding steroid dienone is 1. The number of carbonyl (C=O) groups is 1. The third-order valence-electron chi connectivity index (χ3n) is 7.84. The number of cyclic esters (lactones) is 1. The predicted octanol–water partition coefficient (Wildman–Crippen LogP) is 6.15. The highest BCUT2D eigenvalue weighted by atomic mass is 19.1. The summed E-state index contributed by atoms with van der Waals surface area (Å²) in [5.74, 6) is 2.40. The van der Waals surface area contributed by atoms with E-state index in [4.69, 9.17) is 4.74 Å². The molecule has 0 unspecified atom stereocenters. The number of fused-ring (bicyclic) bond motifs is 2. The van der Waals surface area contributed by atoms with Crippen molar-refractivity contribution in [1.29, 1.82) is 0 Å². The van der Waals surface area contributed by atoms with E-state index in [0.29, 0.717) is 17.8 Å². The van der Waals surface area contributed by atoms with Crippen LogP contribution in [0.25, 0.3) is 17.2 Å². The van der Waals surface area contributed by atoms with Gasteiger partial charge in [-0.2, -0.15) is 0 Å². The smallest absolute Gasteiger partial charge is 0.309 e. The first-order chi connectivity index (χ1) is 15.0. The Bertz CT molecular complexity index is 985. The number of nitrogens with zero attached hydrogens (tertiary/aromatic N) is 1. The van der Waals surface area contributed by atoms with Crippen LogP contribution in [0.2, 0.25) is 0 Å². The summed E-state index contributed by atoms with van der Waals surface area (Å²) in [6.45, 7) is 4.40. The van der Waals surface area contributed by atoms with Gasteiger partial charge in [-0.05, 0) is 79.7 Å². The molecule has 2 heterocycles. The lowest BCUT2D eigenvalue weighted by atomic mass is 9.56. The molecule has 2 aromatic rings. The van der Waals surface area contributed by atoms with Crippen LogP contribution in [0.3, 0.4) is 0 Å². The van der Waals surface area contributed by atoms with Crippen molar-refractivity contribution in [2.45, 2.75) is 45.6 Å². The summed E-state index contributed by atoms with van der Waals surface area (Å²) in [5.41, 5.74) is 2.62. The van der Waals surface area contributed by atoms with E-state index in [0.717, 1.165) is 29.2 Å². The zero-order valence-corrected chi connectivity index (χ0v) is 18.2. The third-order valence-corrected chi connectivity index (χ3v) is 7.84. The second-order valence-corrected chi connectivity index (χ2v) is 9.82. The molecule has 0 spiro atoms. The first-order valence-corrected chi connectivity index (χ1v) is 11.6. The largest absolute Gasteiger partial charge is 0.462 e. The Morgan fingerprint density at radius 3 is 2.74 bits per heavy atom. The zero-order valence-electron chi connectivity index (χ0n) is 18.2. The number of esters is 1. The van der Waals surface area contributed by atoms with Crippen molar-refractivity contribution in [3.05, 3.63) is 60.2 Å². The number of pyridine rings is 1. The highest BCUT2D eigenvalue weighted by Gasteiger charge is 2.54. The molecule has 31 heavy (non-hydrogen) atoms. The van der Waals surface area contributed by atoms with Gasteiger partial charge in [-0.25, -0.2) is 4.39 Å². The van der Waals surface area contributed by atoms with E-state index >= 15 is 0 Å². The maximum atomic E-state index is 13.5. The van der Waals surface area contributed by atoms with Gasteiger partial charge in [-0.1, -0.05) is 37.6 Å². The molecular weight excluding hydrogens is 389 g/mol. The van der Waals surface area contributed by atoms with Crippen LogP contribution in [0.4, 0.5) is 4.39 Å². The molecule has 0 amide bonds. The van der Waals surface area contributed by atoms with Gasteiger partial charge in [0.25, 0.3) is 0 Å². The van der Waals surface area contributed by atoms with Crippen LogP contribution >= 0.6 is 0 Å². The summed E-state index contributed by atoms with van der Waals surface area (Å²) in [4.78, 5) is 17.1. The van der Waals surface area contributed by atoms with Crippen LogP contribution in [-0.4, -0.2) is 17.1 Å². The van der Waals surface area contributed by atoms with Gasteiger partial charge in [0.15, 0.2) is 0 Å². The summed E-state index contributed by atoms with van der Waals surface area (Å²) in [6.07, 6.45) is 10.9. The lowest BCUT2D eigenvalue weighted by molar-refractivity contribution is -0.144. The van der Waals surface area contributed by atoms with Gasteiger partial charge in [0.05, 0.1) is 11.6 Å². The number of ether oxygens (including phenoxy) is 1. The van der Waals surface area contributed by atoms with E-state index in [9.17, 15) is 9.18 Å². The van der Waals surface area contributed by atoms with Gasteiger partial charge >= 0.3 is 5.97 Å². The van der Waals surface area contributed by atoms with Crippen LogP contribution < -0.4 is 0 Å². The fourth-order valence-electron chi connectivity index (χ4n) is 6.40. The average molecular weight is 420 g/mol. The topological polar surface area (TPSA) is 39.2 Å². The zero-order chi connectivity index (χ0) is 21.5. The van der Waals surface area contributed by atoms with E-state index in [2.05, 4.69) is 31.0 Å². The number of rotatable bonds is 3. The maximum Gasteiger partial charge on any atom is 0.309 e. The molecule has 4 heteroatoms. The van der Waals surface area contributed by atoms with Gasteiger partial charge in [-0.3, -0.25) is 9.78 Å². The average Bonchev–Trinajstić information content (AvgIpc) is 3.04. The van der Waals surface area contributed by atoms with E-state index < -0.39 is 0 Å². The minimum atomic E-state index is -0.243. The number of halogens is 1. The molecule has 162 valence electrons. The first kappa shape index (κ1) is 20.4. The quantitative estimate of drug-likeness (QED) is 0.560. The standard InChI is InChI=1S/C27H30FNO2/c1-16-6-10-23-20(12-16)14-25-26(17(2)31-27(25)30)24(23)11-9-22-8-7-19(15-29-22)18-4-3-5-21(28)13-18/h3-5,7-9,11,13,15-17,20,23-26H,6,10,12,14H2,1-2H3/b11-9+/t16-,17+,20-,23+,24-,25+,26-/m0/s1. The van der Waals surface area contributed by atoms with Crippen molar-refractivity contribution < 1.29 is 13.9 Å². The van der Waals surface area contributed by atoms with Crippen LogP contribution in [0, 0.1) is 41.3 Å². The second kappa shape index (κ2) is 8.22. The lowest BCUT2D eigenvalue weighted by Crippen LogP contribution is -2.43. The summed E-state index contributed by atoms with van der Waals surface area (Å²) in [6, 6.07) is 10.5. The van der Waals surface area contributed by atoms with Gasteiger partial charge in [0, 0.05) is 17.7 Å². The molecule has 1 aromatic heterocycles. The van der Waals surface area contributed by atoms with Gasteiger partial charge in [0.1, 0.15) is 11.9 Å². The highest BCUT2D eigenvalue weighted by Crippen LogP contribution is 2.54. The van der Waals surface area contributed by atoms with Crippen molar-refractivity contribution in [2.75, 3.05) is 0 Å². The van der Waals surface area contributed by atoms with Crippen LogP contribution in [0.5, 0.6) is 0 Å². The number of hydrogen-bond donors (Lipinski definition) is 0. The third kappa shape index (κ3) is 3.93. The molecule has 0 radical (unpaired) electrons. The molecule has 2 saturated carbocycles. The molecule has 3 fully saturated rings. The maximum absolute atomic E-state index is 13.5. The predicted molar refractivity (Wildman–Crippen MR) is 119 cm³/mol. The normalized spacial score (nSPS) is 34.9.